The van der Waals surface area contributed by atoms with Crippen molar-refractivity contribution in [3.8, 4) is 0 Å². The van der Waals surface area contributed by atoms with Gasteiger partial charge in [-0.1, -0.05) is 5.16 Å². The van der Waals surface area contributed by atoms with E-state index in [0.29, 0.717) is 5.41 Å². The van der Waals surface area contributed by atoms with Crippen molar-refractivity contribution < 1.29 is 4.52 Å². The monoisotopic (exact) mass is 246 g/mol. The molecule has 1 heterocycles. The van der Waals surface area contributed by atoms with Crippen LogP contribution in [-0.2, 0) is 12.0 Å². The van der Waals surface area contributed by atoms with Crippen LogP contribution in [0.25, 0.3) is 0 Å². The number of nitrogens with zero attached hydrogens (tertiary/aromatic N) is 1. The molecule has 0 aromatic carbocycles. The molecule has 98 valence electrons. The van der Waals surface area contributed by atoms with Gasteiger partial charge in [0, 0.05) is 11.5 Å². The summed E-state index contributed by atoms with van der Waals surface area (Å²) < 4.78 is 5.48. The molecule has 3 nitrogen and oxygen atoms in total. The zero-order chi connectivity index (χ0) is 12.2. The molecule has 4 aliphatic carbocycles. The number of hydrogen-bond acceptors (Lipinski definition) is 3. The second-order valence-corrected chi connectivity index (χ2v) is 6.91. The minimum atomic E-state index is 0.379. The summed E-state index contributed by atoms with van der Waals surface area (Å²) in [6.45, 7) is 0.791. The van der Waals surface area contributed by atoms with Gasteiger partial charge in [-0.05, 0) is 63.3 Å². The number of aromatic nitrogens is 1. The third-order valence-electron chi connectivity index (χ3n) is 5.49. The summed E-state index contributed by atoms with van der Waals surface area (Å²) in [4.78, 5) is 0. The van der Waals surface area contributed by atoms with Crippen molar-refractivity contribution in [3.63, 3.8) is 0 Å². The molecule has 4 bridgehead atoms. The lowest BCUT2D eigenvalue weighted by molar-refractivity contribution is -0.00847. The summed E-state index contributed by atoms with van der Waals surface area (Å²) >= 11 is 0. The first-order valence-corrected chi connectivity index (χ1v) is 7.38. The minimum Gasteiger partial charge on any atom is -0.360 e. The van der Waals surface area contributed by atoms with Crippen molar-refractivity contribution in [1.82, 2.24) is 10.5 Å². The number of nitrogens with one attached hydrogen (secondary N) is 1. The average molecular weight is 246 g/mol. The highest BCUT2D eigenvalue weighted by Gasteiger charge is 2.52. The fourth-order valence-electron chi connectivity index (χ4n) is 5.24. The van der Waals surface area contributed by atoms with E-state index in [-0.39, 0.29) is 0 Å². The molecule has 3 heteroatoms. The van der Waals surface area contributed by atoms with Gasteiger partial charge >= 0.3 is 0 Å². The maximum Gasteiger partial charge on any atom is 0.150 e. The summed E-state index contributed by atoms with van der Waals surface area (Å²) in [5, 5.41) is 7.55. The van der Waals surface area contributed by atoms with Crippen LogP contribution in [-0.4, -0.2) is 12.2 Å². The highest BCUT2D eigenvalue weighted by Crippen LogP contribution is 2.60. The molecule has 0 saturated heterocycles. The summed E-state index contributed by atoms with van der Waals surface area (Å²) in [5.74, 6) is 3.91. The third kappa shape index (κ3) is 1.56. The Morgan fingerprint density at radius 3 is 2.39 bits per heavy atom. The van der Waals surface area contributed by atoms with Crippen LogP contribution in [0.1, 0.15) is 50.0 Å². The lowest BCUT2D eigenvalue weighted by Gasteiger charge is -2.56. The van der Waals surface area contributed by atoms with E-state index in [2.05, 4.69) is 16.5 Å². The Labute approximate surface area is 108 Å². The van der Waals surface area contributed by atoms with Gasteiger partial charge < -0.3 is 9.84 Å². The van der Waals surface area contributed by atoms with Crippen LogP contribution in [0.2, 0.25) is 0 Å². The molecule has 5 rings (SSSR count). The molecule has 4 saturated carbocycles. The maximum absolute atomic E-state index is 5.48. The van der Waals surface area contributed by atoms with E-state index in [4.69, 9.17) is 4.52 Å². The fourth-order valence-corrected chi connectivity index (χ4v) is 5.24. The van der Waals surface area contributed by atoms with Crippen LogP contribution in [0.5, 0.6) is 0 Å². The molecule has 1 N–H and O–H groups in total. The second kappa shape index (κ2) is 3.83. The summed E-state index contributed by atoms with van der Waals surface area (Å²) in [6.07, 6.45) is 8.56. The Bertz CT molecular complexity index is 416. The first-order valence-electron chi connectivity index (χ1n) is 7.38. The molecule has 4 aliphatic rings. The molecule has 0 spiro atoms. The molecular weight excluding hydrogens is 224 g/mol. The van der Waals surface area contributed by atoms with Crippen molar-refractivity contribution in [1.29, 1.82) is 0 Å². The van der Waals surface area contributed by atoms with Crippen molar-refractivity contribution in [2.45, 2.75) is 50.5 Å². The number of hydrogen-bond donors (Lipinski definition) is 1. The average Bonchev–Trinajstić information content (AvgIpc) is 2.77. The molecule has 1 aromatic rings. The van der Waals surface area contributed by atoms with E-state index in [0.717, 1.165) is 30.1 Å². The van der Waals surface area contributed by atoms with Crippen molar-refractivity contribution >= 4 is 0 Å². The van der Waals surface area contributed by atoms with E-state index < -0.39 is 0 Å². The molecule has 0 atom stereocenters. The first kappa shape index (κ1) is 11.0. The summed E-state index contributed by atoms with van der Waals surface area (Å²) in [6, 6.07) is 2.21. The standard InChI is InChI=1S/C15H22N2O/c1-16-9-13-5-14(17-18-13)15-6-10-2-11(7-15)4-12(3-10)8-15/h5,10-12,16H,2-4,6-9H2,1H3. The Kier molecular flexibility index (Phi) is 2.35. The van der Waals surface area contributed by atoms with Crippen LogP contribution >= 0.6 is 0 Å². The van der Waals surface area contributed by atoms with Gasteiger partial charge in [-0.25, -0.2) is 0 Å². The van der Waals surface area contributed by atoms with Crippen molar-refractivity contribution in [2.24, 2.45) is 17.8 Å². The van der Waals surface area contributed by atoms with E-state index in [1.54, 1.807) is 0 Å². The van der Waals surface area contributed by atoms with Crippen molar-refractivity contribution in [2.75, 3.05) is 7.05 Å². The zero-order valence-corrected chi connectivity index (χ0v) is 11.1. The highest BCUT2D eigenvalue weighted by molar-refractivity contribution is 5.23. The van der Waals surface area contributed by atoms with Gasteiger partial charge in [0.15, 0.2) is 5.76 Å². The fraction of sp³-hybridized carbons (Fsp3) is 0.800. The van der Waals surface area contributed by atoms with Crippen LogP contribution in [0.15, 0.2) is 10.6 Å². The van der Waals surface area contributed by atoms with Gasteiger partial charge in [-0.2, -0.15) is 0 Å². The third-order valence-corrected chi connectivity index (χ3v) is 5.49. The van der Waals surface area contributed by atoms with E-state index >= 15 is 0 Å². The van der Waals surface area contributed by atoms with E-state index in [1.807, 2.05) is 7.05 Å². The molecule has 0 amide bonds. The smallest absolute Gasteiger partial charge is 0.150 e. The minimum absolute atomic E-state index is 0.379. The van der Waals surface area contributed by atoms with Gasteiger partial charge in [0.2, 0.25) is 0 Å². The number of rotatable bonds is 3. The molecule has 0 aliphatic heterocycles. The van der Waals surface area contributed by atoms with E-state index in [9.17, 15) is 0 Å². The van der Waals surface area contributed by atoms with Gasteiger partial charge in [0.1, 0.15) is 0 Å². The maximum atomic E-state index is 5.48. The molecule has 4 fully saturated rings. The van der Waals surface area contributed by atoms with Gasteiger partial charge in [0.25, 0.3) is 0 Å². The highest BCUT2D eigenvalue weighted by atomic mass is 16.5. The molecule has 18 heavy (non-hydrogen) atoms. The first-order chi connectivity index (χ1) is 8.77. The lowest BCUT2D eigenvalue weighted by Crippen LogP contribution is -2.48. The van der Waals surface area contributed by atoms with Crippen LogP contribution in [0, 0.1) is 17.8 Å². The predicted molar refractivity (Wildman–Crippen MR) is 69.1 cm³/mol. The quantitative estimate of drug-likeness (QED) is 0.891. The summed E-state index contributed by atoms with van der Waals surface area (Å²) in [7, 11) is 1.95. The summed E-state index contributed by atoms with van der Waals surface area (Å²) in [5.41, 5.74) is 1.64. The van der Waals surface area contributed by atoms with Crippen LogP contribution < -0.4 is 5.32 Å². The van der Waals surface area contributed by atoms with Gasteiger partial charge in [-0.15, -0.1) is 0 Å². The van der Waals surface area contributed by atoms with Crippen LogP contribution in [0.3, 0.4) is 0 Å². The largest absolute Gasteiger partial charge is 0.360 e. The Morgan fingerprint density at radius 2 is 1.83 bits per heavy atom. The molecule has 0 unspecified atom stereocenters. The lowest BCUT2D eigenvalue weighted by atomic mass is 9.49. The SMILES string of the molecule is CNCc1cc(C23CC4CC(CC(C4)C2)C3)no1. The van der Waals surface area contributed by atoms with Gasteiger partial charge in [0.05, 0.1) is 12.2 Å². The Hall–Kier alpha value is -0.830. The predicted octanol–water partition coefficient (Wildman–Crippen LogP) is 2.86. The Morgan fingerprint density at radius 1 is 1.22 bits per heavy atom. The topological polar surface area (TPSA) is 38.1 Å². The zero-order valence-electron chi connectivity index (χ0n) is 11.1. The van der Waals surface area contributed by atoms with Crippen LogP contribution in [0.4, 0.5) is 0 Å². The normalized spacial score (nSPS) is 41.5. The molecule has 1 aromatic heterocycles. The molecule has 0 radical (unpaired) electrons. The van der Waals surface area contributed by atoms with E-state index in [1.165, 1.54) is 44.2 Å². The van der Waals surface area contributed by atoms with Crippen molar-refractivity contribution in [3.05, 3.63) is 17.5 Å². The molecular formula is C15H22N2O. The van der Waals surface area contributed by atoms with Gasteiger partial charge in [-0.3, -0.25) is 0 Å². The second-order valence-electron chi connectivity index (χ2n) is 6.91. The Balaban J connectivity index is 1.66.